The van der Waals surface area contributed by atoms with Crippen molar-refractivity contribution in [3.8, 4) is 0 Å². The van der Waals surface area contributed by atoms with Crippen molar-refractivity contribution in [2.24, 2.45) is 23.7 Å². The van der Waals surface area contributed by atoms with Gasteiger partial charge in [0.05, 0.1) is 25.0 Å². The maximum Gasteiger partial charge on any atom is 0.310 e. The molecule has 0 heterocycles. The summed E-state index contributed by atoms with van der Waals surface area (Å²) in [5.74, 6) is -0.636. The summed E-state index contributed by atoms with van der Waals surface area (Å²) < 4.78 is 11.6. The van der Waals surface area contributed by atoms with Gasteiger partial charge in [0.1, 0.15) is 0 Å². The van der Waals surface area contributed by atoms with Crippen LogP contribution >= 0.6 is 0 Å². The van der Waals surface area contributed by atoms with E-state index >= 15 is 0 Å². The van der Waals surface area contributed by atoms with Gasteiger partial charge in [0.25, 0.3) is 0 Å². The van der Waals surface area contributed by atoms with Gasteiger partial charge in [0, 0.05) is 0 Å². The highest BCUT2D eigenvalue weighted by Gasteiger charge is 2.45. The van der Waals surface area contributed by atoms with Crippen molar-refractivity contribution in [3.63, 3.8) is 0 Å². The van der Waals surface area contributed by atoms with E-state index in [1.165, 1.54) is 77.0 Å². The summed E-state index contributed by atoms with van der Waals surface area (Å²) in [6.45, 7) is 9.76. The summed E-state index contributed by atoms with van der Waals surface area (Å²) in [4.78, 5) is 26.7. The lowest BCUT2D eigenvalue weighted by atomic mass is 9.75. The number of carbonyl (C=O) groups is 2. The lowest BCUT2D eigenvalue weighted by Gasteiger charge is -2.31. The zero-order chi connectivity index (χ0) is 27.1. The van der Waals surface area contributed by atoms with Crippen molar-refractivity contribution < 1.29 is 19.1 Å². The Morgan fingerprint density at radius 3 is 1.46 bits per heavy atom. The fourth-order valence-electron chi connectivity index (χ4n) is 6.13. The molecular weight excluding hydrogens is 460 g/mol. The Labute approximate surface area is 230 Å². The number of rotatable bonds is 22. The van der Waals surface area contributed by atoms with Gasteiger partial charge in [-0.2, -0.15) is 0 Å². The average molecular weight is 523 g/mol. The largest absolute Gasteiger partial charge is 0.465 e. The summed E-state index contributed by atoms with van der Waals surface area (Å²) >= 11 is 0. The van der Waals surface area contributed by atoms with E-state index in [0.717, 1.165) is 57.8 Å². The van der Waals surface area contributed by atoms with Gasteiger partial charge < -0.3 is 9.47 Å². The molecule has 37 heavy (non-hydrogen) atoms. The fraction of sp³-hybridized carbons (Fsp3) is 0.939. The SMILES string of the molecule is CCCCCCCCCCOC(=O)C1C(C)CCCC(CCC)C1C(=O)OCCCCCCCCCC. The van der Waals surface area contributed by atoms with E-state index < -0.39 is 0 Å². The first-order valence-electron chi connectivity index (χ1n) is 16.4. The first-order chi connectivity index (χ1) is 18.1. The predicted molar refractivity (Wildman–Crippen MR) is 156 cm³/mol. The highest BCUT2D eigenvalue weighted by molar-refractivity contribution is 5.82. The minimum atomic E-state index is -0.362. The van der Waals surface area contributed by atoms with Gasteiger partial charge in [-0.3, -0.25) is 9.59 Å². The molecule has 0 aromatic rings. The van der Waals surface area contributed by atoms with E-state index in [2.05, 4.69) is 27.7 Å². The van der Waals surface area contributed by atoms with Crippen LogP contribution in [0, 0.1) is 23.7 Å². The molecule has 1 aliphatic rings. The van der Waals surface area contributed by atoms with Gasteiger partial charge in [0.2, 0.25) is 0 Å². The Kier molecular flexibility index (Phi) is 21.0. The van der Waals surface area contributed by atoms with E-state index in [0.29, 0.717) is 13.2 Å². The quantitative estimate of drug-likeness (QED) is 0.0806. The second-order valence-electron chi connectivity index (χ2n) is 11.8. The van der Waals surface area contributed by atoms with Crippen LogP contribution in [0.15, 0.2) is 0 Å². The van der Waals surface area contributed by atoms with Crippen molar-refractivity contribution in [3.05, 3.63) is 0 Å². The molecule has 0 amide bonds. The zero-order valence-corrected chi connectivity index (χ0v) is 25.2. The van der Waals surface area contributed by atoms with E-state index in [4.69, 9.17) is 9.47 Å². The Balaban J connectivity index is 2.54. The van der Waals surface area contributed by atoms with Crippen molar-refractivity contribution in [2.45, 2.75) is 163 Å². The Hall–Kier alpha value is -1.06. The van der Waals surface area contributed by atoms with Crippen LogP contribution in [-0.2, 0) is 19.1 Å². The van der Waals surface area contributed by atoms with E-state index in [1.54, 1.807) is 0 Å². The molecule has 0 spiro atoms. The fourth-order valence-corrected chi connectivity index (χ4v) is 6.13. The number of hydrogen-bond acceptors (Lipinski definition) is 4. The first kappa shape index (κ1) is 34.0. The van der Waals surface area contributed by atoms with Crippen LogP contribution in [0.25, 0.3) is 0 Å². The molecule has 1 fully saturated rings. The number of esters is 2. The highest BCUT2D eigenvalue weighted by atomic mass is 16.5. The van der Waals surface area contributed by atoms with Crippen molar-refractivity contribution in [1.29, 1.82) is 0 Å². The van der Waals surface area contributed by atoms with Crippen LogP contribution in [0.2, 0.25) is 0 Å². The molecule has 4 atom stereocenters. The normalized spacial score (nSPS) is 21.9. The summed E-state index contributed by atoms with van der Waals surface area (Å²) in [6.07, 6.45) is 24.7. The van der Waals surface area contributed by atoms with Crippen LogP contribution in [-0.4, -0.2) is 25.2 Å². The Morgan fingerprint density at radius 1 is 0.568 bits per heavy atom. The van der Waals surface area contributed by atoms with Gasteiger partial charge in [0.15, 0.2) is 0 Å². The third kappa shape index (κ3) is 15.2. The first-order valence-corrected chi connectivity index (χ1v) is 16.4. The maximum absolute atomic E-state index is 13.4. The van der Waals surface area contributed by atoms with Gasteiger partial charge in [-0.05, 0) is 43.9 Å². The van der Waals surface area contributed by atoms with Crippen molar-refractivity contribution in [1.82, 2.24) is 0 Å². The van der Waals surface area contributed by atoms with E-state index in [-0.39, 0.29) is 35.6 Å². The van der Waals surface area contributed by atoms with Crippen molar-refractivity contribution >= 4 is 11.9 Å². The molecule has 0 radical (unpaired) electrons. The Morgan fingerprint density at radius 2 is 1.00 bits per heavy atom. The molecule has 1 rings (SSSR count). The molecular formula is C33H62O4. The summed E-state index contributed by atoms with van der Waals surface area (Å²) in [5.41, 5.74) is 0. The number of hydrogen-bond donors (Lipinski definition) is 0. The highest BCUT2D eigenvalue weighted by Crippen LogP contribution is 2.40. The lowest BCUT2D eigenvalue weighted by Crippen LogP contribution is -2.40. The van der Waals surface area contributed by atoms with Crippen LogP contribution in [0.5, 0.6) is 0 Å². The van der Waals surface area contributed by atoms with E-state index in [9.17, 15) is 9.59 Å². The van der Waals surface area contributed by atoms with Crippen molar-refractivity contribution in [2.75, 3.05) is 13.2 Å². The number of unbranched alkanes of at least 4 members (excludes halogenated alkanes) is 14. The summed E-state index contributed by atoms with van der Waals surface area (Å²) in [6, 6.07) is 0. The molecule has 218 valence electrons. The van der Waals surface area contributed by atoms with Gasteiger partial charge >= 0.3 is 11.9 Å². The molecule has 0 aromatic carbocycles. The second-order valence-corrected chi connectivity index (χ2v) is 11.8. The van der Waals surface area contributed by atoms with Gasteiger partial charge in [-0.1, -0.05) is 130 Å². The number of ether oxygens (including phenoxy) is 2. The van der Waals surface area contributed by atoms with Crippen LogP contribution in [0.3, 0.4) is 0 Å². The standard InChI is InChI=1S/C33H62O4/c1-5-8-10-12-14-16-18-20-26-36-32(34)30-28(4)24-22-25-29(23-7-3)31(30)33(35)37-27-21-19-17-15-13-11-9-6-2/h28-31H,5-27H2,1-4H3. The van der Waals surface area contributed by atoms with E-state index in [1.807, 2.05) is 0 Å². The predicted octanol–water partition coefficient (Wildman–Crippen LogP) is 9.82. The van der Waals surface area contributed by atoms with Gasteiger partial charge in [-0.25, -0.2) is 0 Å². The second kappa shape index (κ2) is 22.9. The zero-order valence-electron chi connectivity index (χ0n) is 25.2. The minimum Gasteiger partial charge on any atom is -0.465 e. The Bertz CT molecular complexity index is 561. The van der Waals surface area contributed by atoms with Crippen LogP contribution in [0.1, 0.15) is 163 Å². The summed E-state index contributed by atoms with van der Waals surface area (Å²) in [7, 11) is 0. The smallest absolute Gasteiger partial charge is 0.310 e. The topological polar surface area (TPSA) is 52.6 Å². The maximum atomic E-state index is 13.4. The average Bonchev–Trinajstić information content (AvgIpc) is 3.05. The van der Waals surface area contributed by atoms with Gasteiger partial charge in [-0.15, -0.1) is 0 Å². The molecule has 4 nitrogen and oxygen atoms in total. The summed E-state index contributed by atoms with van der Waals surface area (Å²) in [5, 5.41) is 0. The molecule has 1 aliphatic carbocycles. The molecule has 0 saturated heterocycles. The molecule has 0 aromatic heterocycles. The monoisotopic (exact) mass is 522 g/mol. The molecule has 1 saturated carbocycles. The molecule has 4 unspecified atom stereocenters. The molecule has 4 heteroatoms. The third-order valence-corrected chi connectivity index (χ3v) is 8.43. The molecule has 0 N–H and O–H groups in total. The molecule has 0 aliphatic heterocycles. The lowest BCUT2D eigenvalue weighted by molar-refractivity contribution is -0.165. The third-order valence-electron chi connectivity index (χ3n) is 8.43. The van der Waals surface area contributed by atoms with Crippen LogP contribution in [0.4, 0.5) is 0 Å². The number of carbonyl (C=O) groups excluding carboxylic acids is 2. The van der Waals surface area contributed by atoms with Crippen LogP contribution < -0.4 is 0 Å². The molecule has 0 bridgehead atoms. The minimum absolute atomic E-state index is 0.149.